The predicted octanol–water partition coefficient (Wildman–Crippen LogP) is 4.58. The van der Waals surface area contributed by atoms with Crippen molar-refractivity contribution < 1.29 is 23.2 Å². The lowest BCUT2D eigenvalue weighted by Gasteiger charge is -2.22. The maximum absolute atomic E-state index is 13.2. The monoisotopic (exact) mass is 439 g/mol. The van der Waals surface area contributed by atoms with Gasteiger partial charge in [0.15, 0.2) is 11.5 Å². The summed E-state index contributed by atoms with van der Waals surface area (Å²) in [6.07, 6.45) is 1.85. The number of carbonyl (C=O) groups excluding carboxylic acids is 1. The summed E-state index contributed by atoms with van der Waals surface area (Å²) < 4.78 is 29.9. The van der Waals surface area contributed by atoms with Crippen LogP contribution in [-0.4, -0.2) is 40.7 Å². The smallest absolute Gasteiger partial charge is 0.249 e. The Morgan fingerprint density at radius 3 is 2.62 bits per heavy atom. The van der Waals surface area contributed by atoms with Gasteiger partial charge in [0.05, 0.1) is 19.6 Å². The standard InChI is InChI=1S/C24H26FN3O4/c1-3-30-20-12-7-16(14-21(20)31-4-2)15-22(29)28-13-5-6-19(28)24-26-23(27-32-24)17-8-10-18(25)11-9-17/h7-12,14,19H,3-6,13,15H2,1-2H3/t19-/m0/s1. The van der Waals surface area contributed by atoms with Crippen molar-refractivity contribution in [1.29, 1.82) is 0 Å². The number of ether oxygens (including phenoxy) is 2. The van der Waals surface area contributed by atoms with E-state index in [1.165, 1.54) is 12.1 Å². The molecule has 1 aromatic heterocycles. The number of halogens is 1. The average Bonchev–Trinajstić information content (AvgIpc) is 3.46. The Morgan fingerprint density at radius 2 is 1.88 bits per heavy atom. The third-order valence-electron chi connectivity index (χ3n) is 5.37. The molecule has 32 heavy (non-hydrogen) atoms. The third kappa shape index (κ3) is 4.74. The lowest BCUT2D eigenvalue weighted by Crippen LogP contribution is -2.32. The Kier molecular flexibility index (Phi) is 6.68. The normalized spacial score (nSPS) is 15.7. The highest BCUT2D eigenvalue weighted by Crippen LogP contribution is 2.33. The molecule has 1 saturated heterocycles. The first-order chi connectivity index (χ1) is 15.6. The zero-order valence-electron chi connectivity index (χ0n) is 18.2. The van der Waals surface area contributed by atoms with Crippen LogP contribution in [0, 0.1) is 5.82 Å². The summed E-state index contributed by atoms with van der Waals surface area (Å²) in [7, 11) is 0. The molecule has 1 atom stereocenters. The number of likely N-dealkylation sites (tertiary alicyclic amines) is 1. The molecule has 3 aromatic rings. The molecule has 8 heteroatoms. The zero-order chi connectivity index (χ0) is 22.5. The minimum absolute atomic E-state index is 0.0133. The number of rotatable bonds is 8. The molecule has 0 N–H and O–H groups in total. The first-order valence-electron chi connectivity index (χ1n) is 10.9. The highest BCUT2D eigenvalue weighted by atomic mass is 19.1. The second-order valence-electron chi connectivity index (χ2n) is 7.53. The molecule has 2 heterocycles. The van der Waals surface area contributed by atoms with Crippen molar-refractivity contribution in [2.75, 3.05) is 19.8 Å². The Labute approximate surface area is 186 Å². The van der Waals surface area contributed by atoms with Crippen LogP contribution in [0.1, 0.15) is 44.2 Å². The first-order valence-corrected chi connectivity index (χ1v) is 10.9. The van der Waals surface area contributed by atoms with E-state index in [2.05, 4.69) is 10.1 Å². The summed E-state index contributed by atoms with van der Waals surface area (Å²) >= 11 is 0. The van der Waals surface area contributed by atoms with Gasteiger partial charge < -0.3 is 18.9 Å². The third-order valence-corrected chi connectivity index (χ3v) is 5.37. The van der Waals surface area contributed by atoms with Gasteiger partial charge in [-0.15, -0.1) is 0 Å². The quantitative estimate of drug-likeness (QED) is 0.511. The van der Waals surface area contributed by atoms with E-state index in [0.29, 0.717) is 48.5 Å². The molecule has 4 rings (SSSR count). The Bertz CT molecular complexity index is 1070. The van der Waals surface area contributed by atoms with E-state index in [4.69, 9.17) is 14.0 Å². The van der Waals surface area contributed by atoms with Crippen molar-refractivity contribution in [3.05, 3.63) is 59.7 Å². The molecular formula is C24H26FN3O4. The molecule has 0 bridgehead atoms. The Hall–Kier alpha value is -3.42. The van der Waals surface area contributed by atoms with E-state index in [9.17, 15) is 9.18 Å². The first kappa shape index (κ1) is 21.8. The SMILES string of the molecule is CCOc1ccc(CC(=O)N2CCC[C@H]2c2nc(-c3ccc(F)cc3)no2)cc1OCC. The number of amides is 1. The number of hydrogen-bond donors (Lipinski definition) is 0. The van der Waals surface area contributed by atoms with Crippen LogP contribution in [0.2, 0.25) is 0 Å². The van der Waals surface area contributed by atoms with Gasteiger partial charge in [-0.3, -0.25) is 4.79 Å². The fourth-order valence-corrected chi connectivity index (χ4v) is 3.89. The van der Waals surface area contributed by atoms with Crippen molar-refractivity contribution >= 4 is 5.91 Å². The number of carbonyl (C=O) groups is 1. The fourth-order valence-electron chi connectivity index (χ4n) is 3.89. The summed E-state index contributed by atoms with van der Waals surface area (Å²) in [6.45, 7) is 5.51. The van der Waals surface area contributed by atoms with Crippen molar-refractivity contribution in [3.8, 4) is 22.9 Å². The van der Waals surface area contributed by atoms with Crippen molar-refractivity contribution in [3.63, 3.8) is 0 Å². The second-order valence-corrected chi connectivity index (χ2v) is 7.53. The largest absolute Gasteiger partial charge is 0.490 e. The van der Waals surface area contributed by atoms with Crippen LogP contribution in [0.15, 0.2) is 47.0 Å². The lowest BCUT2D eigenvalue weighted by atomic mass is 10.1. The van der Waals surface area contributed by atoms with E-state index >= 15 is 0 Å². The van der Waals surface area contributed by atoms with Crippen LogP contribution in [0.4, 0.5) is 4.39 Å². The molecule has 2 aromatic carbocycles. The highest BCUT2D eigenvalue weighted by molar-refractivity contribution is 5.79. The van der Waals surface area contributed by atoms with Crippen LogP contribution >= 0.6 is 0 Å². The summed E-state index contributed by atoms with van der Waals surface area (Å²) in [6, 6.07) is 11.2. The topological polar surface area (TPSA) is 77.7 Å². The Balaban J connectivity index is 1.48. The molecule has 1 aliphatic rings. The number of nitrogens with zero attached hydrogens (tertiary/aromatic N) is 3. The summed E-state index contributed by atoms with van der Waals surface area (Å²) in [5, 5.41) is 4.02. The van der Waals surface area contributed by atoms with Crippen molar-refractivity contribution in [2.45, 2.75) is 39.2 Å². The molecular weight excluding hydrogens is 413 g/mol. The van der Waals surface area contributed by atoms with Crippen molar-refractivity contribution in [1.82, 2.24) is 15.0 Å². The molecule has 7 nitrogen and oxygen atoms in total. The van der Waals surface area contributed by atoms with Gasteiger partial charge in [0.25, 0.3) is 0 Å². The van der Waals surface area contributed by atoms with Gasteiger partial charge in [0.2, 0.25) is 17.6 Å². The number of hydrogen-bond acceptors (Lipinski definition) is 6. The molecule has 0 unspecified atom stereocenters. The lowest BCUT2D eigenvalue weighted by molar-refractivity contribution is -0.131. The molecule has 1 amide bonds. The van der Waals surface area contributed by atoms with E-state index in [0.717, 1.165) is 18.4 Å². The molecule has 1 aliphatic heterocycles. The summed E-state index contributed by atoms with van der Waals surface area (Å²) in [5.41, 5.74) is 1.51. The summed E-state index contributed by atoms with van der Waals surface area (Å²) in [5.74, 6) is 1.75. The van der Waals surface area contributed by atoms with E-state index in [1.54, 1.807) is 17.0 Å². The minimum atomic E-state index is -0.327. The van der Waals surface area contributed by atoms with Gasteiger partial charge in [0.1, 0.15) is 11.9 Å². The molecule has 1 fully saturated rings. The van der Waals surface area contributed by atoms with Crippen LogP contribution in [0.5, 0.6) is 11.5 Å². The molecule has 0 radical (unpaired) electrons. The summed E-state index contributed by atoms with van der Waals surface area (Å²) in [4.78, 5) is 19.4. The van der Waals surface area contributed by atoms with Gasteiger partial charge in [-0.1, -0.05) is 11.2 Å². The van der Waals surface area contributed by atoms with Gasteiger partial charge in [-0.2, -0.15) is 4.98 Å². The number of aromatic nitrogens is 2. The second kappa shape index (κ2) is 9.80. The zero-order valence-corrected chi connectivity index (χ0v) is 18.2. The van der Waals surface area contributed by atoms with E-state index in [-0.39, 0.29) is 24.2 Å². The van der Waals surface area contributed by atoms with Crippen molar-refractivity contribution in [2.24, 2.45) is 0 Å². The van der Waals surface area contributed by atoms with Crippen LogP contribution < -0.4 is 9.47 Å². The molecule has 0 saturated carbocycles. The van der Waals surface area contributed by atoms with E-state index in [1.807, 2.05) is 32.0 Å². The Morgan fingerprint density at radius 1 is 1.12 bits per heavy atom. The fraction of sp³-hybridized carbons (Fsp3) is 0.375. The minimum Gasteiger partial charge on any atom is -0.490 e. The van der Waals surface area contributed by atoms with Gasteiger partial charge in [0, 0.05) is 12.1 Å². The maximum atomic E-state index is 13.2. The van der Waals surface area contributed by atoms with Gasteiger partial charge >= 0.3 is 0 Å². The van der Waals surface area contributed by atoms with Gasteiger partial charge in [-0.05, 0) is 68.7 Å². The maximum Gasteiger partial charge on any atom is 0.249 e. The molecule has 0 spiro atoms. The predicted molar refractivity (Wildman–Crippen MR) is 116 cm³/mol. The average molecular weight is 439 g/mol. The van der Waals surface area contributed by atoms with Crippen LogP contribution in [-0.2, 0) is 11.2 Å². The molecule has 0 aliphatic carbocycles. The van der Waals surface area contributed by atoms with Crippen LogP contribution in [0.25, 0.3) is 11.4 Å². The van der Waals surface area contributed by atoms with E-state index < -0.39 is 0 Å². The van der Waals surface area contributed by atoms with Gasteiger partial charge in [-0.25, -0.2) is 4.39 Å². The molecule has 168 valence electrons. The number of benzene rings is 2. The highest BCUT2D eigenvalue weighted by Gasteiger charge is 2.34. The van der Waals surface area contributed by atoms with Crippen LogP contribution in [0.3, 0.4) is 0 Å².